The summed E-state index contributed by atoms with van der Waals surface area (Å²) in [5.74, 6) is 0.842. The average Bonchev–Trinajstić information content (AvgIpc) is 2.39. The summed E-state index contributed by atoms with van der Waals surface area (Å²) in [6, 6.07) is 16.1. The molecule has 1 N–H and O–H groups in total. The summed E-state index contributed by atoms with van der Waals surface area (Å²) in [5, 5.41) is 4.07. The van der Waals surface area contributed by atoms with Crippen molar-refractivity contribution < 1.29 is 4.74 Å². The standard InChI is InChI=1S/C16H18ClNO/c1-12(2)18-14-7-9-15(10-8-14)19-11-13-5-3-4-6-16(13)17/h3-10,12,18H,11H2,1-2H3. The molecule has 0 atom stereocenters. The molecule has 100 valence electrons. The molecule has 0 heterocycles. The van der Waals surface area contributed by atoms with Crippen molar-refractivity contribution in [1.82, 2.24) is 0 Å². The summed E-state index contributed by atoms with van der Waals surface area (Å²) in [6.45, 7) is 4.71. The summed E-state index contributed by atoms with van der Waals surface area (Å²) in [4.78, 5) is 0. The van der Waals surface area contributed by atoms with Gasteiger partial charge in [0.25, 0.3) is 0 Å². The first-order chi connectivity index (χ1) is 9.15. The molecule has 0 bridgehead atoms. The second kappa shape index (κ2) is 6.48. The predicted molar refractivity (Wildman–Crippen MR) is 81.0 cm³/mol. The van der Waals surface area contributed by atoms with Gasteiger partial charge < -0.3 is 10.1 Å². The minimum atomic E-state index is 0.426. The van der Waals surface area contributed by atoms with Crippen molar-refractivity contribution in [2.45, 2.75) is 26.5 Å². The van der Waals surface area contributed by atoms with Gasteiger partial charge in [0.15, 0.2) is 0 Å². The SMILES string of the molecule is CC(C)Nc1ccc(OCc2ccccc2Cl)cc1. The molecule has 0 saturated heterocycles. The molecule has 0 unspecified atom stereocenters. The largest absolute Gasteiger partial charge is 0.489 e. The highest BCUT2D eigenvalue weighted by molar-refractivity contribution is 6.31. The zero-order chi connectivity index (χ0) is 13.7. The lowest BCUT2D eigenvalue weighted by Gasteiger charge is -2.11. The quantitative estimate of drug-likeness (QED) is 0.851. The van der Waals surface area contributed by atoms with Crippen LogP contribution in [0.15, 0.2) is 48.5 Å². The molecule has 0 spiro atoms. The average molecular weight is 276 g/mol. The van der Waals surface area contributed by atoms with Crippen LogP contribution in [0.3, 0.4) is 0 Å². The number of rotatable bonds is 5. The summed E-state index contributed by atoms with van der Waals surface area (Å²) in [7, 11) is 0. The topological polar surface area (TPSA) is 21.3 Å². The van der Waals surface area contributed by atoms with E-state index < -0.39 is 0 Å². The number of nitrogens with one attached hydrogen (secondary N) is 1. The Morgan fingerprint density at radius 3 is 2.37 bits per heavy atom. The van der Waals surface area contributed by atoms with Gasteiger partial charge in [-0.2, -0.15) is 0 Å². The summed E-state index contributed by atoms with van der Waals surface area (Å²) < 4.78 is 5.72. The lowest BCUT2D eigenvalue weighted by atomic mass is 10.2. The van der Waals surface area contributed by atoms with Crippen molar-refractivity contribution in [3.8, 4) is 5.75 Å². The van der Waals surface area contributed by atoms with Crippen LogP contribution in [0.4, 0.5) is 5.69 Å². The number of halogens is 1. The molecular weight excluding hydrogens is 258 g/mol. The van der Waals surface area contributed by atoms with Crippen LogP contribution in [0.2, 0.25) is 5.02 Å². The fraction of sp³-hybridized carbons (Fsp3) is 0.250. The van der Waals surface area contributed by atoms with Crippen LogP contribution in [-0.4, -0.2) is 6.04 Å². The van der Waals surface area contributed by atoms with Gasteiger partial charge in [-0.25, -0.2) is 0 Å². The fourth-order valence-electron chi connectivity index (χ4n) is 1.76. The molecule has 2 aromatic rings. The molecule has 0 radical (unpaired) electrons. The lowest BCUT2D eigenvalue weighted by Crippen LogP contribution is -2.09. The van der Waals surface area contributed by atoms with E-state index in [4.69, 9.17) is 16.3 Å². The van der Waals surface area contributed by atoms with Crippen molar-refractivity contribution in [3.63, 3.8) is 0 Å². The van der Waals surface area contributed by atoms with Gasteiger partial charge in [0.1, 0.15) is 12.4 Å². The van der Waals surface area contributed by atoms with Crippen molar-refractivity contribution in [2.75, 3.05) is 5.32 Å². The monoisotopic (exact) mass is 275 g/mol. The molecule has 0 aromatic heterocycles. The van der Waals surface area contributed by atoms with E-state index in [1.165, 1.54) is 0 Å². The van der Waals surface area contributed by atoms with E-state index in [0.29, 0.717) is 12.6 Å². The number of anilines is 1. The summed E-state index contributed by atoms with van der Waals surface area (Å²) >= 11 is 6.08. The molecule has 0 amide bonds. The van der Waals surface area contributed by atoms with Crippen LogP contribution in [0.1, 0.15) is 19.4 Å². The summed E-state index contributed by atoms with van der Waals surface area (Å²) in [6.07, 6.45) is 0. The van der Waals surface area contributed by atoms with Gasteiger partial charge in [0.05, 0.1) is 0 Å². The number of ether oxygens (including phenoxy) is 1. The van der Waals surface area contributed by atoms with Crippen LogP contribution in [0.25, 0.3) is 0 Å². The van der Waals surface area contributed by atoms with Gasteiger partial charge in [0, 0.05) is 22.3 Å². The van der Waals surface area contributed by atoms with E-state index >= 15 is 0 Å². The maximum absolute atomic E-state index is 6.08. The van der Waals surface area contributed by atoms with Crippen LogP contribution in [0.5, 0.6) is 5.75 Å². The molecule has 3 heteroatoms. The first-order valence-corrected chi connectivity index (χ1v) is 6.76. The van der Waals surface area contributed by atoms with Gasteiger partial charge in [-0.15, -0.1) is 0 Å². The smallest absolute Gasteiger partial charge is 0.119 e. The van der Waals surface area contributed by atoms with E-state index in [0.717, 1.165) is 22.0 Å². The van der Waals surface area contributed by atoms with Gasteiger partial charge in [-0.1, -0.05) is 29.8 Å². The molecule has 0 saturated carbocycles. The first kappa shape index (κ1) is 13.8. The molecule has 0 aliphatic heterocycles. The van der Waals surface area contributed by atoms with E-state index in [1.807, 2.05) is 48.5 Å². The second-order valence-corrected chi connectivity index (χ2v) is 5.11. The van der Waals surface area contributed by atoms with Gasteiger partial charge in [0.2, 0.25) is 0 Å². The maximum atomic E-state index is 6.08. The van der Waals surface area contributed by atoms with E-state index in [1.54, 1.807) is 0 Å². The zero-order valence-corrected chi connectivity index (χ0v) is 11.9. The van der Waals surface area contributed by atoms with Crippen molar-refractivity contribution >= 4 is 17.3 Å². The zero-order valence-electron chi connectivity index (χ0n) is 11.2. The molecule has 2 rings (SSSR count). The van der Waals surface area contributed by atoms with E-state index in [2.05, 4.69) is 19.2 Å². The molecule has 2 nitrogen and oxygen atoms in total. The number of benzene rings is 2. The Morgan fingerprint density at radius 2 is 1.74 bits per heavy atom. The molecular formula is C16H18ClNO. The van der Waals surface area contributed by atoms with Crippen molar-refractivity contribution in [1.29, 1.82) is 0 Å². The van der Waals surface area contributed by atoms with Crippen LogP contribution >= 0.6 is 11.6 Å². The second-order valence-electron chi connectivity index (χ2n) is 4.70. The molecule has 0 aliphatic rings. The Morgan fingerprint density at radius 1 is 1.05 bits per heavy atom. The van der Waals surface area contributed by atoms with Crippen LogP contribution in [-0.2, 0) is 6.61 Å². The Labute approximate surface area is 119 Å². The Balaban J connectivity index is 1.95. The normalized spacial score (nSPS) is 10.5. The molecule has 0 aliphatic carbocycles. The van der Waals surface area contributed by atoms with E-state index in [-0.39, 0.29) is 0 Å². The van der Waals surface area contributed by atoms with Gasteiger partial charge >= 0.3 is 0 Å². The Kier molecular flexibility index (Phi) is 4.69. The number of hydrogen-bond acceptors (Lipinski definition) is 2. The van der Waals surface area contributed by atoms with Crippen LogP contribution < -0.4 is 10.1 Å². The molecule has 0 fully saturated rings. The minimum absolute atomic E-state index is 0.426. The molecule has 19 heavy (non-hydrogen) atoms. The highest BCUT2D eigenvalue weighted by atomic mass is 35.5. The highest BCUT2D eigenvalue weighted by Gasteiger charge is 2.01. The summed E-state index contributed by atoms with van der Waals surface area (Å²) in [5.41, 5.74) is 2.09. The number of hydrogen-bond donors (Lipinski definition) is 1. The molecule has 2 aromatic carbocycles. The minimum Gasteiger partial charge on any atom is -0.489 e. The van der Waals surface area contributed by atoms with Gasteiger partial charge in [-0.05, 0) is 44.2 Å². The predicted octanol–water partition coefficient (Wildman–Crippen LogP) is 4.74. The van der Waals surface area contributed by atoms with Gasteiger partial charge in [-0.3, -0.25) is 0 Å². The fourth-order valence-corrected chi connectivity index (χ4v) is 1.95. The van der Waals surface area contributed by atoms with Crippen LogP contribution in [0, 0.1) is 0 Å². The van der Waals surface area contributed by atoms with Crippen molar-refractivity contribution in [2.24, 2.45) is 0 Å². The maximum Gasteiger partial charge on any atom is 0.119 e. The Bertz CT molecular complexity index is 523. The third-order valence-electron chi connectivity index (χ3n) is 2.66. The van der Waals surface area contributed by atoms with E-state index in [9.17, 15) is 0 Å². The third-order valence-corrected chi connectivity index (χ3v) is 3.03. The third kappa shape index (κ3) is 4.18. The van der Waals surface area contributed by atoms with Crippen molar-refractivity contribution in [3.05, 3.63) is 59.1 Å². The lowest BCUT2D eigenvalue weighted by molar-refractivity contribution is 0.306. The highest BCUT2D eigenvalue weighted by Crippen LogP contribution is 2.20. The first-order valence-electron chi connectivity index (χ1n) is 6.38. The Hall–Kier alpha value is -1.67.